The highest BCUT2D eigenvalue weighted by Gasteiger charge is 2.17. The van der Waals surface area contributed by atoms with Gasteiger partial charge in [-0.15, -0.1) is 0 Å². The number of methoxy groups -OCH3 is 1. The summed E-state index contributed by atoms with van der Waals surface area (Å²) in [5.41, 5.74) is 12.8. The topological polar surface area (TPSA) is 100.0 Å². The first-order valence-corrected chi connectivity index (χ1v) is 15.2. The maximum atomic E-state index is 6.21. The van der Waals surface area contributed by atoms with Crippen molar-refractivity contribution in [3.05, 3.63) is 119 Å². The fourth-order valence-corrected chi connectivity index (χ4v) is 6.15. The third-order valence-electron chi connectivity index (χ3n) is 7.93. The number of nitrogen functional groups attached to an aromatic ring is 1. The van der Waals surface area contributed by atoms with Crippen LogP contribution in [0.2, 0.25) is 10.0 Å². The van der Waals surface area contributed by atoms with Gasteiger partial charge in [0.25, 0.3) is 0 Å². The van der Waals surface area contributed by atoms with Crippen LogP contribution in [0.1, 0.15) is 0 Å². The Hall–Kier alpha value is -5.50. The summed E-state index contributed by atoms with van der Waals surface area (Å²) in [6.07, 6.45) is 0. The van der Waals surface area contributed by atoms with E-state index < -0.39 is 0 Å². The third-order valence-corrected chi connectivity index (χ3v) is 8.40. The second kappa shape index (κ2) is 11.1. The number of hydrogen-bond acceptors (Lipinski definition) is 7. The summed E-state index contributed by atoms with van der Waals surface area (Å²) in [5, 5.41) is 6.65. The average molecular weight is 641 g/mol. The van der Waals surface area contributed by atoms with Crippen LogP contribution in [0.5, 0.6) is 5.75 Å². The lowest BCUT2D eigenvalue weighted by Gasteiger charge is -2.13. The number of benzene rings is 6. The van der Waals surface area contributed by atoms with E-state index in [1.54, 1.807) is 25.3 Å². The van der Waals surface area contributed by atoms with Crippen LogP contribution in [-0.2, 0) is 0 Å². The highest BCUT2D eigenvalue weighted by atomic mass is 35.5. The van der Waals surface area contributed by atoms with Gasteiger partial charge in [-0.25, -0.2) is 19.9 Å². The molecule has 0 spiro atoms. The molecule has 0 atom stereocenters. The van der Waals surface area contributed by atoms with Gasteiger partial charge in [0.2, 0.25) is 5.71 Å². The van der Waals surface area contributed by atoms with E-state index in [2.05, 4.69) is 28.2 Å². The van der Waals surface area contributed by atoms with Crippen molar-refractivity contribution < 1.29 is 9.15 Å². The molecule has 9 rings (SSSR count). The van der Waals surface area contributed by atoms with Crippen LogP contribution in [0.3, 0.4) is 0 Å². The van der Waals surface area contributed by atoms with Crippen LogP contribution in [0.15, 0.2) is 114 Å². The van der Waals surface area contributed by atoms with E-state index >= 15 is 0 Å². The second-order valence-corrected chi connectivity index (χ2v) is 11.6. The van der Waals surface area contributed by atoms with Crippen LogP contribution in [0, 0.1) is 0 Å². The molecular weight excluding hydrogens is 617 g/mol. The molecule has 0 aliphatic carbocycles. The fraction of sp³-hybridized carbons (Fsp3) is 0.0270. The number of hydrogen-bond donors (Lipinski definition) is 1. The van der Waals surface area contributed by atoms with E-state index in [0.29, 0.717) is 38.5 Å². The lowest BCUT2D eigenvalue weighted by atomic mass is 10.0. The summed E-state index contributed by atoms with van der Waals surface area (Å²) in [5.74, 6) is 1.06. The molecule has 3 aromatic heterocycles. The first-order chi connectivity index (χ1) is 22.5. The quantitative estimate of drug-likeness (QED) is 0.201. The molecule has 0 aliphatic heterocycles. The zero-order valence-electron chi connectivity index (χ0n) is 24.3. The van der Waals surface area contributed by atoms with Gasteiger partial charge in [0, 0.05) is 10.0 Å². The predicted molar refractivity (Wildman–Crippen MR) is 188 cm³/mol. The number of rotatable bonds is 2. The number of nitrogens with two attached hydrogens (primary N) is 1. The standard InChI is InChI=1S/C19H14ClN3O.C18H9ClN2O/c1-24-16-9-6-11-4-2-3-5-13(11)17(16)18-19(21)23-15-10-12(20)7-8-14(15)22-18;19-11-6-7-13-14(9-11)21-18-17(20-13)16-12-4-2-1-3-10(12)5-8-15(16)22-18/h2-10H,1H3,(H2,21,23);1-9H. The minimum atomic E-state index is 0.347. The first kappa shape index (κ1) is 28.0. The van der Waals surface area contributed by atoms with Crippen molar-refractivity contribution in [2.75, 3.05) is 12.8 Å². The molecular formula is C37H23Cl2N5O2. The highest BCUT2D eigenvalue weighted by Crippen LogP contribution is 2.39. The minimum Gasteiger partial charge on any atom is -0.496 e. The molecule has 46 heavy (non-hydrogen) atoms. The molecule has 0 aliphatic rings. The number of halogens is 2. The summed E-state index contributed by atoms with van der Waals surface area (Å²) in [6.45, 7) is 0. The number of anilines is 1. The maximum Gasteiger partial charge on any atom is 0.246 e. The first-order valence-electron chi connectivity index (χ1n) is 14.4. The molecule has 0 radical (unpaired) electrons. The van der Waals surface area contributed by atoms with E-state index in [-0.39, 0.29) is 0 Å². The number of nitrogens with zero attached hydrogens (tertiary/aromatic N) is 4. The van der Waals surface area contributed by atoms with E-state index in [1.165, 1.54) is 0 Å². The fourth-order valence-electron chi connectivity index (χ4n) is 5.82. The zero-order chi connectivity index (χ0) is 31.4. The molecule has 0 saturated heterocycles. The van der Waals surface area contributed by atoms with E-state index in [0.717, 1.165) is 60.1 Å². The minimum absolute atomic E-state index is 0.347. The molecule has 2 N–H and O–H groups in total. The van der Waals surface area contributed by atoms with Crippen molar-refractivity contribution in [2.45, 2.75) is 0 Å². The summed E-state index contributed by atoms with van der Waals surface area (Å²) in [4.78, 5) is 18.5. The molecule has 0 saturated carbocycles. The van der Waals surface area contributed by atoms with Crippen molar-refractivity contribution >= 4 is 94.8 Å². The Kier molecular flexibility index (Phi) is 6.78. The molecule has 222 valence electrons. The molecule has 9 heteroatoms. The largest absolute Gasteiger partial charge is 0.496 e. The van der Waals surface area contributed by atoms with Gasteiger partial charge in [-0.1, -0.05) is 83.9 Å². The third kappa shape index (κ3) is 4.77. The molecule has 0 amide bonds. The van der Waals surface area contributed by atoms with Gasteiger partial charge in [0.15, 0.2) is 5.82 Å². The van der Waals surface area contributed by atoms with Crippen molar-refractivity contribution in [1.82, 2.24) is 19.9 Å². The van der Waals surface area contributed by atoms with E-state index in [4.69, 9.17) is 48.1 Å². The Morgan fingerprint density at radius 2 is 1.26 bits per heavy atom. The SMILES string of the molecule is COc1ccc2ccccc2c1-c1nc2ccc(Cl)cc2nc1N.Clc1ccc2nc3c(nc2c1)oc1ccc2ccccc2c13. The van der Waals surface area contributed by atoms with Crippen molar-refractivity contribution in [2.24, 2.45) is 0 Å². The smallest absolute Gasteiger partial charge is 0.246 e. The van der Waals surface area contributed by atoms with Gasteiger partial charge in [-0.2, -0.15) is 0 Å². The Labute approximate surface area is 272 Å². The van der Waals surface area contributed by atoms with Gasteiger partial charge in [-0.05, 0) is 70.1 Å². The second-order valence-electron chi connectivity index (χ2n) is 10.7. The van der Waals surface area contributed by atoms with Crippen LogP contribution >= 0.6 is 23.2 Å². The molecule has 9 aromatic rings. The normalized spacial score (nSPS) is 11.5. The Bertz CT molecular complexity index is 2640. The number of furan rings is 1. The number of ether oxygens (including phenoxy) is 1. The van der Waals surface area contributed by atoms with Crippen molar-refractivity contribution in [3.63, 3.8) is 0 Å². The van der Waals surface area contributed by atoms with Crippen LogP contribution < -0.4 is 10.5 Å². The van der Waals surface area contributed by atoms with Crippen LogP contribution in [0.4, 0.5) is 5.82 Å². The predicted octanol–water partition coefficient (Wildman–Crippen LogP) is 10.0. The molecule has 7 nitrogen and oxygen atoms in total. The lowest BCUT2D eigenvalue weighted by molar-refractivity contribution is 0.417. The van der Waals surface area contributed by atoms with E-state index in [9.17, 15) is 0 Å². The van der Waals surface area contributed by atoms with Gasteiger partial charge in [0.05, 0.1) is 40.1 Å². The number of aromatic nitrogens is 4. The molecule has 0 unspecified atom stereocenters. The molecule has 0 bridgehead atoms. The van der Waals surface area contributed by atoms with Crippen LogP contribution in [-0.4, -0.2) is 27.0 Å². The van der Waals surface area contributed by atoms with Crippen LogP contribution in [0.25, 0.3) is 77.1 Å². The average Bonchev–Trinajstić information content (AvgIpc) is 3.44. The number of fused-ring (bicyclic) bond motifs is 8. The molecule has 6 aromatic carbocycles. The van der Waals surface area contributed by atoms with Gasteiger partial charge >= 0.3 is 0 Å². The highest BCUT2D eigenvalue weighted by molar-refractivity contribution is 6.31. The summed E-state index contributed by atoms with van der Waals surface area (Å²) >= 11 is 12.1. The summed E-state index contributed by atoms with van der Waals surface area (Å²) in [6, 6.07) is 35.1. The van der Waals surface area contributed by atoms with Gasteiger partial charge in [0.1, 0.15) is 22.5 Å². The Morgan fingerprint density at radius 1 is 0.630 bits per heavy atom. The molecule has 3 heterocycles. The zero-order valence-corrected chi connectivity index (χ0v) is 25.8. The Balaban J connectivity index is 0.000000136. The lowest BCUT2D eigenvalue weighted by Crippen LogP contribution is -2.00. The maximum absolute atomic E-state index is 6.21. The monoisotopic (exact) mass is 639 g/mol. The molecule has 0 fully saturated rings. The van der Waals surface area contributed by atoms with Crippen molar-refractivity contribution in [3.8, 4) is 17.0 Å². The Morgan fingerprint density at radius 3 is 2.00 bits per heavy atom. The van der Waals surface area contributed by atoms with Crippen molar-refractivity contribution in [1.29, 1.82) is 0 Å². The van der Waals surface area contributed by atoms with Gasteiger partial charge < -0.3 is 14.9 Å². The summed E-state index contributed by atoms with van der Waals surface area (Å²) < 4.78 is 11.4. The summed E-state index contributed by atoms with van der Waals surface area (Å²) in [7, 11) is 1.64. The van der Waals surface area contributed by atoms with E-state index in [1.807, 2.05) is 72.8 Å². The van der Waals surface area contributed by atoms with Gasteiger partial charge in [-0.3, -0.25) is 0 Å².